The van der Waals surface area contributed by atoms with E-state index in [0.717, 1.165) is 31.1 Å². The van der Waals surface area contributed by atoms with Crippen LogP contribution in [0.4, 0.5) is 0 Å². The molecule has 0 amide bonds. The molecule has 0 atom stereocenters. The lowest BCUT2D eigenvalue weighted by molar-refractivity contribution is 0.366. The summed E-state index contributed by atoms with van der Waals surface area (Å²) in [6, 6.07) is 0. The smallest absolute Gasteiger partial charge is 0.0994 e. The molecule has 5 nitrogen and oxygen atoms in total. The van der Waals surface area contributed by atoms with Crippen LogP contribution in [0.1, 0.15) is 24.2 Å². The summed E-state index contributed by atoms with van der Waals surface area (Å²) in [5.74, 6) is 0.849. The molecule has 0 saturated heterocycles. The Kier molecular flexibility index (Phi) is 3.56. The number of likely N-dealkylation sites (N-methyl/N-ethyl adjacent to an activating group) is 1. The molecule has 90 valence electrons. The highest BCUT2D eigenvalue weighted by atomic mass is 15.4. The third-order valence-corrected chi connectivity index (χ3v) is 3.05. The Bertz CT molecular complexity index is 340. The molecule has 0 radical (unpaired) electrons. The van der Waals surface area contributed by atoms with Gasteiger partial charge in [0.25, 0.3) is 0 Å². The Morgan fingerprint density at radius 3 is 2.75 bits per heavy atom. The summed E-state index contributed by atoms with van der Waals surface area (Å²) in [6.07, 6.45) is 3.80. The zero-order valence-electron chi connectivity index (χ0n) is 10.2. The summed E-state index contributed by atoms with van der Waals surface area (Å²) in [5.41, 5.74) is 7.92. The molecule has 0 spiro atoms. The van der Waals surface area contributed by atoms with Gasteiger partial charge in [-0.3, -0.25) is 0 Å². The van der Waals surface area contributed by atoms with Gasteiger partial charge in [-0.05, 0) is 39.3 Å². The topological polar surface area (TPSA) is 60.0 Å². The van der Waals surface area contributed by atoms with Gasteiger partial charge in [0.1, 0.15) is 0 Å². The van der Waals surface area contributed by atoms with Gasteiger partial charge in [-0.2, -0.15) is 0 Å². The van der Waals surface area contributed by atoms with Crippen LogP contribution in [0.5, 0.6) is 0 Å². The first-order chi connectivity index (χ1) is 7.70. The van der Waals surface area contributed by atoms with E-state index in [4.69, 9.17) is 5.73 Å². The van der Waals surface area contributed by atoms with Crippen molar-refractivity contribution in [3.05, 3.63) is 11.4 Å². The Morgan fingerprint density at radius 1 is 1.44 bits per heavy atom. The van der Waals surface area contributed by atoms with E-state index in [1.807, 2.05) is 4.68 Å². The second kappa shape index (κ2) is 4.93. The maximum atomic E-state index is 5.69. The standard InChI is InChI=1S/C11H21N5/c1-15(2)5-6-16-11(7-9-3-4-9)10(8-12)13-14-16/h9H,3-8,12H2,1-2H3. The first kappa shape index (κ1) is 11.5. The Hall–Kier alpha value is -0.940. The normalized spacial score (nSPS) is 16.0. The SMILES string of the molecule is CN(C)CCn1nnc(CN)c1CC1CC1. The molecule has 1 aliphatic rings. The average Bonchev–Trinajstić information content (AvgIpc) is 2.96. The van der Waals surface area contributed by atoms with Crippen LogP contribution in [0, 0.1) is 5.92 Å². The average molecular weight is 223 g/mol. The predicted molar refractivity (Wildman–Crippen MR) is 62.9 cm³/mol. The second-order valence-corrected chi connectivity index (χ2v) is 4.86. The van der Waals surface area contributed by atoms with Crippen LogP contribution in [-0.4, -0.2) is 40.5 Å². The maximum Gasteiger partial charge on any atom is 0.0994 e. The highest BCUT2D eigenvalue weighted by Crippen LogP contribution is 2.33. The molecular weight excluding hydrogens is 202 g/mol. The van der Waals surface area contributed by atoms with Crippen molar-refractivity contribution in [3.8, 4) is 0 Å². The van der Waals surface area contributed by atoms with Crippen molar-refractivity contribution in [1.82, 2.24) is 19.9 Å². The fraction of sp³-hybridized carbons (Fsp3) is 0.818. The highest BCUT2D eigenvalue weighted by molar-refractivity contribution is 5.12. The van der Waals surface area contributed by atoms with Crippen molar-refractivity contribution in [1.29, 1.82) is 0 Å². The van der Waals surface area contributed by atoms with Crippen LogP contribution in [0.3, 0.4) is 0 Å². The molecule has 1 aromatic heterocycles. The Morgan fingerprint density at radius 2 is 2.19 bits per heavy atom. The molecule has 2 rings (SSSR count). The zero-order valence-corrected chi connectivity index (χ0v) is 10.2. The lowest BCUT2D eigenvalue weighted by Crippen LogP contribution is -2.20. The molecular formula is C11H21N5. The van der Waals surface area contributed by atoms with E-state index in [1.54, 1.807) is 0 Å². The van der Waals surface area contributed by atoms with E-state index in [1.165, 1.54) is 18.5 Å². The maximum absolute atomic E-state index is 5.69. The van der Waals surface area contributed by atoms with E-state index in [0.29, 0.717) is 6.54 Å². The molecule has 2 N–H and O–H groups in total. The van der Waals surface area contributed by atoms with Crippen molar-refractivity contribution < 1.29 is 0 Å². The number of hydrogen-bond donors (Lipinski definition) is 1. The molecule has 1 aliphatic carbocycles. The van der Waals surface area contributed by atoms with Gasteiger partial charge in [0, 0.05) is 13.1 Å². The quantitative estimate of drug-likeness (QED) is 0.751. The molecule has 0 unspecified atom stereocenters. The minimum Gasteiger partial charge on any atom is -0.325 e. The minimum atomic E-state index is 0.504. The monoisotopic (exact) mass is 223 g/mol. The van der Waals surface area contributed by atoms with Gasteiger partial charge < -0.3 is 10.6 Å². The van der Waals surface area contributed by atoms with Crippen LogP contribution in [0.25, 0.3) is 0 Å². The van der Waals surface area contributed by atoms with E-state index < -0.39 is 0 Å². The first-order valence-corrected chi connectivity index (χ1v) is 5.96. The third kappa shape index (κ3) is 2.80. The van der Waals surface area contributed by atoms with E-state index >= 15 is 0 Å². The number of nitrogens with two attached hydrogens (primary N) is 1. The number of hydrogen-bond acceptors (Lipinski definition) is 4. The van der Waals surface area contributed by atoms with Crippen molar-refractivity contribution in [2.24, 2.45) is 11.7 Å². The Balaban J connectivity index is 2.05. The van der Waals surface area contributed by atoms with E-state index in [2.05, 4.69) is 29.3 Å². The van der Waals surface area contributed by atoms with Gasteiger partial charge in [-0.15, -0.1) is 5.10 Å². The lowest BCUT2D eigenvalue weighted by Gasteiger charge is -2.11. The van der Waals surface area contributed by atoms with Crippen LogP contribution in [-0.2, 0) is 19.5 Å². The number of nitrogens with zero attached hydrogens (tertiary/aromatic N) is 4. The lowest BCUT2D eigenvalue weighted by atomic mass is 10.2. The molecule has 1 aromatic rings. The van der Waals surface area contributed by atoms with Crippen molar-refractivity contribution in [2.75, 3.05) is 20.6 Å². The van der Waals surface area contributed by atoms with Crippen molar-refractivity contribution in [2.45, 2.75) is 32.4 Å². The summed E-state index contributed by atoms with van der Waals surface area (Å²) in [6.45, 7) is 2.40. The summed E-state index contributed by atoms with van der Waals surface area (Å²) in [4.78, 5) is 2.16. The third-order valence-electron chi connectivity index (χ3n) is 3.05. The molecule has 1 saturated carbocycles. The zero-order chi connectivity index (χ0) is 11.5. The fourth-order valence-electron chi connectivity index (χ4n) is 1.82. The van der Waals surface area contributed by atoms with Crippen LogP contribution in [0.2, 0.25) is 0 Å². The number of rotatable bonds is 6. The van der Waals surface area contributed by atoms with Gasteiger partial charge in [0.15, 0.2) is 0 Å². The molecule has 0 aliphatic heterocycles. The van der Waals surface area contributed by atoms with Gasteiger partial charge in [-0.25, -0.2) is 4.68 Å². The fourth-order valence-corrected chi connectivity index (χ4v) is 1.82. The second-order valence-electron chi connectivity index (χ2n) is 4.86. The van der Waals surface area contributed by atoms with E-state index in [9.17, 15) is 0 Å². The largest absolute Gasteiger partial charge is 0.325 e. The molecule has 1 fully saturated rings. The van der Waals surface area contributed by atoms with E-state index in [-0.39, 0.29) is 0 Å². The Labute approximate surface area is 96.6 Å². The molecule has 5 heteroatoms. The summed E-state index contributed by atoms with van der Waals surface area (Å²) < 4.78 is 2.03. The van der Waals surface area contributed by atoms with Gasteiger partial charge in [-0.1, -0.05) is 5.21 Å². The summed E-state index contributed by atoms with van der Waals surface area (Å²) >= 11 is 0. The molecule has 1 heterocycles. The van der Waals surface area contributed by atoms with Gasteiger partial charge in [0.2, 0.25) is 0 Å². The molecule has 16 heavy (non-hydrogen) atoms. The van der Waals surface area contributed by atoms with Crippen molar-refractivity contribution >= 4 is 0 Å². The molecule has 0 bridgehead atoms. The summed E-state index contributed by atoms with van der Waals surface area (Å²) in [7, 11) is 4.14. The van der Waals surface area contributed by atoms with Crippen molar-refractivity contribution in [3.63, 3.8) is 0 Å². The van der Waals surface area contributed by atoms with Crippen LogP contribution in [0.15, 0.2) is 0 Å². The molecule has 0 aromatic carbocycles. The highest BCUT2D eigenvalue weighted by Gasteiger charge is 2.25. The van der Waals surface area contributed by atoms with Crippen LogP contribution >= 0.6 is 0 Å². The first-order valence-electron chi connectivity index (χ1n) is 5.96. The van der Waals surface area contributed by atoms with Crippen LogP contribution < -0.4 is 5.73 Å². The predicted octanol–water partition coefficient (Wildman–Crippen LogP) is 0.251. The van der Waals surface area contributed by atoms with Gasteiger partial charge >= 0.3 is 0 Å². The minimum absolute atomic E-state index is 0.504. The number of aromatic nitrogens is 3. The summed E-state index contributed by atoms with van der Waals surface area (Å²) in [5, 5.41) is 8.36. The van der Waals surface area contributed by atoms with Gasteiger partial charge in [0.05, 0.1) is 17.9 Å².